The zero-order valence-corrected chi connectivity index (χ0v) is 14.3. The van der Waals surface area contributed by atoms with Crippen molar-refractivity contribution in [3.8, 4) is 0 Å². The van der Waals surface area contributed by atoms with Gasteiger partial charge in [-0.05, 0) is 12.1 Å². The van der Waals surface area contributed by atoms with Gasteiger partial charge in [0.05, 0.1) is 19.8 Å². The van der Waals surface area contributed by atoms with Crippen LogP contribution in [0.3, 0.4) is 0 Å². The van der Waals surface area contributed by atoms with E-state index in [1.165, 1.54) is 11.9 Å². The van der Waals surface area contributed by atoms with Gasteiger partial charge >= 0.3 is 12.4 Å². The smallest absolute Gasteiger partial charge is 0.378 e. The fourth-order valence-corrected chi connectivity index (χ4v) is 2.65. The van der Waals surface area contributed by atoms with Gasteiger partial charge in [-0.3, -0.25) is 4.79 Å². The van der Waals surface area contributed by atoms with Crippen LogP contribution in [0.1, 0.15) is 5.56 Å². The van der Waals surface area contributed by atoms with Gasteiger partial charge in [0.15, 0.2) is 0 Å². The van der Waals surface area contributed by atoms with Crippen LogP contribution in [0.4, 0.5) is 32.0 Å². The molecule has 0 unspecified atom stereocenters. The van der Waals surface area contributed by atoms with Crippen molar-refractivity contribution in [3.05, 3.63) is 29.8 Å². The summed E-state index contributed by atoms with van der Waals surface area (Å²) >= 11 is 0. The second-order valence-corrected chi connectivity index (χ2v) is 6.10. The Labute approximate surface area is 151 Å². The van der Waals surface area contributed by atoms with E-state index in [-0.39, 0.29) is 18.1 Å². The Bertz CT molecular complexity index is 640. The summed E-state index contributed by atoms with van der Waals surface area (Å²) in [4.78, 5) is 15.1. The number of aliphatic hydroxyl groups is 1. The molecule has 5 nitrogen and oxygen atoms in total. The van der Waals surface area contributed by atoms with E-state index < -0.39 is 23.5 Å². The number of halogens is 6. The molecule has 27 heavy (non-hydrogen) atoms. The van der Waals surface area contributed by atoms with E-state index in [0.29, 0.717) is 38.4 Å². The molecule has 1 saturated heterocycles. The summed E-state index contributed by atoms with van der Waals surface area (Å²) in [6, 6.07) is 3.08. The van der Waals surface area contributed by atoms with E-state index in [0.717, 1.165) is 12.1 Å². The average Bonchev–Trinajstić information content (AvgIpc) is 2.60. The molecule has 2 rings (SSSR count). The number of morpholine rings is 1. The number of hydrogen-bond donors (Lipinski definition) is 1. The summed E-state index contributed by atoms with van der Waals surface area (Å²) in [5.74, 6) is -0.244. The summed E-state index contributed by atoms with van der Waals surface area (Å²) in [6.07, 6.45) is -11.9. The number of likely N-dealkylation sites (N-methyl/N-ethyl adjacent to an activating group) is 1. The van der Waals surface area contributed by atoms with E-state index >= 15 is 0 Å². The molecular formula is C16H18F6N2O3. The first-order valence-electron chi connectivity index (χ1n) is 7.91. The molecule has 152 valence electrons. The first kappa shape index (κ1) is 21.3. The second kappa shape index (κ2) is 7.55. The van der Waals surface area contributed by atoms with Gasteiger partial charge < -0.3 is 19.6 Å². The summed E-state index contributed by atoms with van der Waals surface area (Å²) in [5, 5.41) is 9.36. The molecule has 1 aromatic carbocycles. The molecule has 0 spiro atoms. The summed E-state index contributed by atoms with van der Waals surface area (Å²) < 4.78 is 82.4. The highest BCUT2D eigenvalue weighted by atomic mass is 19.4. The summed E-state index contributed by atoms with van der Waals surface area (Å²) in [5.41, 5.74) is -6.09. The largest absolute Gasteiger partial charge is 0.430 e. The number of ether oxygens (including phenoxy) is 1. The third kappa shape index (κ3) is 4.29. The number of anilines is 1. The van der Waals surface area contributed by atoms with Crippen molar-refractivity contribution < 1.29 is 41.0 Å². The molecule has 0 atom stereocenters. The maximum Gasteiger partial charge on any atom is 0.430 e. The van der Waals surface area contributed by atoms with Crippen molar-refractivity contribution >= 4 is 11.6 Å². The number of carbonyl (C=O) groups excluding carboxylic acids is 1. The lowest BCUT2D eigenvalue weighted by atomic mass is 9.92. The fraction of sp³-hybridized carbons (Fsp3) is 0.562. The number of benzene rings is 1. The zero-order chi connectivity index (χ0) is 20.5. The standard InChI is InChI=1S/C16H18F6N2O3/c1-23(10-13(25)24-6-8-27-9-7-24)12-4-2-11(3-5-12)14(26,15(17,18)19)16(20,21)22/h2-5,26H,6-10H2,1H3. The van der Waals surface area contributed by atoms with Crippen LogP contribution >= 0.6 is 0 Å². The Kier molecular flexibility index (Phi) is 5.95. The Hall–Kier alpha value is -2.01. The van der Waals surface area contributed by atoms with Crippen LogP contribution in [0, 0.1) is 0 Å². The van der Waals surface area contributed by atoms with Gasteiger partial charge in [-0.25, -0.2) is 0 Å². The molecular weight excluding hydrogens is 382 g/mol. The third-order valence-corrected chi connectivity index (χ3v) is 4.28. The summed E-state index contributed by atoms with van der Waals surface area (Å²) in [6.45, 7) is 1.52. The van der Waals surface area contributed by atoms with Gasteiger partial charge in [0.1, 0.15) is 0 Å². The van der Waals surface area contributed by atoms with Gasteiger partial charge in [-0.15, -0.1) is 0 Å². The highest BCUT2D eigenvalue weighted by Gasteiger charge is 2.71. The molecule has 0 bridgehead atoms. The van der Waals surface area contributed by atoms with Crippen LogP contribution in [0.15, 0.2) is 24.3 Å². The van der Waals surface area contributed by atoms with Crippen LogP contribution in [0.25, 0.3) is 0 Å². The Morgan fingerprint density at radius 1 is 1.07 bits per heavy atom. The van der Waals surface area contributed by atoms with Crippen LogP contribution in [-0.4, -0.2) is 68.2 Å². The molecule has 1 heterocycles. The van der Waals surface area contributed by atoms with Gasteiger partial charge in [-0.2, -0.15) is 26.3 Å². The van der Waals surface area contributed by atoms with Crippen LogP contribution in [0.2, 0.25) is 0 Å². The summed E-state index contributed by atoms with van der Waals surface area (Å²) in [7, 11) is 1.48. The maximum atomic E-state index is 12.9. The van der Waals surface area contributed by atoms with E-state index in [1.54, 1.807) is 4.90 Å². The number of nitrogens with zero attached hydrogens (tertiary/aromatic N) is 2. The average molecular weight is 400 g/mol. The quantitative estimate of drug-likeness (QED) is 0.789. The lowest BCUT2D eigenvalue weighted by Gasteiger charge is -2.33. The van der Waals surface area contributed by atoms with E-state index in [9.17, 15) is 36.2 Å². The Morgan fingerprint density at radius 2 is 1.56 bits per heavy atom. The van der Waals surface area contributed by atoms with E-state index in [2.05, 4.69) is 0 Å². The van der Waals surface area contributed by atoms with Crippen LogP contribution in [0.5, 0.6) is 0 Å². The van der Waals surface area contributed by atoms with Gasteiger partial charge in [0, 0.05) is 31.4 Å². The van der Waals surface area contributed by atoms with Crippen LogP contribution in [-0.2, 0) is 15.1 Å². The molecule has 1 aliphatic heterocycles. The molecule has 1 fully saturated rings. The number of rotatable bonds is 4. The topological polar surface area (TPSA) is 53.0 Å². The molecule has 1 N–H and O–H groups in total. The Balaban J connectivity index is 2.17. The fourth-order valence-electron chi connectivity index (χ4n) is 2.65. The highest BCUT2D eigenvalue weighted by molar-refractivity contribution is 5.81. The number of carbonyl (C=O) groups is 1. The highest BCUT2D eigenvalue weighted by Crippen LogP contribution is 2.50. The van der Waals surface area contributed by atoms with Crippen molar-refractivity contribution in [1.29, 1.82) is 0 Å². The van der Waals surface area contributed by atoms with Gasteiger partial charge in [-0.1, -0.05) is 12.1 Å². The second-order valence-electron chi connectivity index (χ2n) is 6.10. The minimum absolute atomic E-state index is 0.109. The third-order valence-electron chi connectivity index (χ3n) is 4.28. The molecule has 0 saturated carbocycles. The predicted octanol–water partition coefficient (Wildman–Crippen LogP) is 2.29. The Morgan fingerprint density at radius 3 is 2.00 bits per heavy atom. The van der Waals surface area contributed by atoms with Crippen molar-refractivity contribution in [3.63, 3.8) is 0 Å². The van der Waals surface area contributed by atoms with E-state index in [4.69, 9.17) is 4.74 Å². The van der Waals surface area contributed by atoms with E-state index in [1.807, 2.05) is 0 Å². The maximum absolute atomic E-state index is 12.9. The number of alkyl halides is 6. The van der Waals surface area contributed by atoms with Crippen LogP contribution < -0.4 is 4.90 Å². The number of amides is 1. The monoisotopic (exact) mass is 400 g/mol. The molecule has 0 radical (unpaired) electrons. The first-order chi connectivity index (χ1) is 12.4. The first-order valence-corrected chi connectivity index (χ1v) is 7.91. The van der Waals surface area contributed by atoms with Crippen molar-refractivity contribution in [2.45, 2.75) is 18.0 Å². The van der Waals surface area contributed by atoms with Gasteiger partial charge in [0.25, 0.3) is 5.60 Å². The van der Waals surface area contributed by atoms with Crippen molar-refractivity contribution in [2.75, 3.05) is 44.8 Å². The minimum Gasteiger partial charge on any atom is -0.378 e. The van der Waals surface area contributed by atoms with Crippen molar-refractivity contribution in [1.82, 2.24) is 4.90 Å². The SMILES string of the molecule is CN(CC(=O)N1CCOCC1)c1ccc(C(O)(C(F)(F)F)C(F)(F)F)cc1. The molecule has 1 aliphatic rings. The predicted molar refractivity (Wildman–Crippen MR) is 83.1 cm³/mol. The molecule has 1 amide bonds. The lowest BCUT2D eigenvalue weighted by molar-refractivity contribution is -0.376. The minimum atomic E-state index is -5.94. The van der Waals surface area contributed by atoms with Gasteiger partial charge in [0.2, 0.25) is 5.91 Å². The normalized spacial score (nSPS) is 16.4. The molecule has 0 aliphatic carbocycles. The molecule has 1 aromatic rings. The zero-order valence-electron chi connectivity index (χ0n) is 14.3. The van der Waals surface area contributed by atoms with Crippen molar-refractivity contribution in [2.24, 2.45) is 0 Å². The molecule has 0 aromatic heterocycles. The lowest BCUT2D eigenvalue weighted by Crippen LogP contribution is -2.53. The number of hydrogen-bond acceptors (Lipinski definition) is 4. The molecule has 11 heteroatoms.